The SMILES string of the molecule is CCN(C(=O)c1nc(C(C)C)ncc1N)C1CCCC1. The van der Waals surface area contributed by atoms with Gasteiger partial charge in [-0.3, -0.25) is 4.79 Å². The number of carbonyl (C=O) groups excluding carboxylic acids is 1. The van der Waals surface area contributed by atoms with E-state index < -0.39 is 0 Å². The molecule has 0 atom stereocenters. The number of nitrogens with zero attached hydrogens (tertiary/aromatic N) is 3. The van der Waals surface area contributed by atoms with Gasteiger partial charge in [-0.1, -0.05) is 26.7 Å². The van der Waals surface area contributed by atoms with E-state index in [1.165, 1.54) is 12.8 Å². The minimum absolute atomic E-state index is 0.0544. The average Bonchev–Trinajstić information content (AvgIpc) is 2.93. The van der Waals surface area contributed by atoms with Crippen LogP contribution in [0, 0.1) is 0 Å². The largest absolute Gasteiger partial charge is 0.396 e. The smallest absolute Gasteiger partial charge is 0.274 e. The first-order valence-corrected chi connectivity index (χ1v) is 7.48. The number of rotatable bonds is 4. The third-order valence-corrected chi connectivity index (χ3v) is 3.92. The van der Waals surface area contributed by atoms with E-state index in [-0.39, 0.29) is 11.8 Å². The molecule has 1 aliphatic rings. The third kappa shape index (κ3) is 2.92. The van der Waals surface area contributed by atoms with E-state index in [2.05, 4.69) is 9.97 Å². The van der Waals surface area contributed by atoms with Crippen molar-refractivity contribution in [1.82, 2.24) is 14.9 Å². The molecule has 0 saturated heterocycles. The lowest BCUT2D eigenvalue weighted by Gasteiger charge is -2.27. The van der Waals surface area contributed by atoms with E-state index in [0.29, 0.717) is 29.8 Å². The summed E-state index contributed by atoms with van der Waals surface area (Å²) < 4.78 is 0. The minimum Gasteiger partial charge on any atom is -0.396 e. The van der Waals surface area contributed by atoms with Gasteiger partial charge in [0, 0.05) is 18.5 Å². The van der Waals surface area contributed by atoms with E-state index in [1.807, 2.05) is 25.7 Å². The Kier molecular flexibility index (Phi) is 4.57. The van der Waals surface area contributed by atoms with Gasteiger partial charge in [0.25, 0.3) is 5.91 Å². The maximum atomic E-state index is 12.7. The standard InChI is InChI=1S/C15H24N4O/c1-4-19(11-7-5-6-8-11)15(20)13-12(16)9-17-14(18-13)10(2)3/h9-11H,4-8,16H2,1-3H3. The molecule has 2 N–H and O–H groups in total. The number of anilines is 1. The highest BCUT2D eigenvalue weighted by Gasteiger charge is 2.28. The van der Waals surface area contributed by atoms with Gasteiger partial charge in [0.15, 0.2) is 5.69 Å². The molecule has 0 bridgehead atoms. The van der Waals surface area contributed by atoms with Crippen LogP contribution in [0.2, 0.25) is 0 Å². The van der Waals surface area contributed by atoms with Crippen molar-refractivity contribution in [3.05, 3.63) is 17.7 Å². The van der Waals surface area contributed by atoms with Gasteiger partial charge in [-0.25, -0.2) is 9.97 Å². The number of aromatic nitrogens is 2. The lowest BCUT2D eigenvalue weighted by molar-refractivity contribution is 0.0688. The topological polar surface area (TPSA) is 72.1 Å². The molecule has 0 spiro atoms. The second kappa shape index (κ2) is 6.20. The molecule has 0 unspecified atom stereocenters. The fourth-order valence-electron chi connectivity index (χ4n) is 2.77. The zero-order valence-corrected chi connectivity index (χ0v) is 12.6. The first kappa shape index (κ1) is 14.8. The summed E-state index contributed by atoms with van der Waals surface area (Å²) in [6.45, 7) is 6.73. The Morgan fingerprint density at radius 1 is 1.45 bits per heavy atom. The number of hydrogen-bond acceptors (Lipinski definition) is 4. The number of nitrogen functional groups attached to an aromatic ring is 1. The molecule has 1 amide bonds. The van der Waals surface area contributed by atoms with E-state index in [9.17, 15) is 4.79 Å². The molecule has 1 aliphatic carbocycles. The second-order valence-electron chi connectivity index (χ2n) is 5.72. The zero-order chi connectivity index (χ0) is 14.7. The van der Waals surface area contributed by atoms with Crippen molar-refractivity contribution in [3.63, 3.8) is 0 Å². The summed E-state index contributed by atoms with van der Waals surface area (Å²) in [5.41, 5.74) is 6.64. The van der Waals surface area contributed by atoms with Crippen LogP contribution in [0.3, 0.4) is 0 Å². The Hall–Kier alpha value is -1.65. The molecular formula is C15H24N4O. The summed E-state index contributed by atoms with van der Waals surface area (Å²) in [4.78, 5) is 23.2. The summed E-state index contributed by atoms with van der Waals surface area (Å²) in [5, 5.41) is 0. The Morgan fingerprint density at radius 3 is 2.65 bits per heavy atom. The summed E-state index contributed by atoms with van der Waals surface area (Å²) in [6, 6.07) is 0.337. The van der Waals surface area contributed by atoms with Crippen molar-refractivity contribution in [2.45, 2.75) is 58.4 Å². The summed E-state index contributed by atoms with van der Waals surface area (Å²) in [5.74, 6) is 0.801. The molecule has 1 saturated carbocycles. The van der Waals surface area contributed by atoms with Crippen LogP contribution in [0.25, 0.3) is 0 Å². The van der Waals surface area contributed by atoms with E-state index in [1.54, 1.807) is 6.20 Å². The highest BCUT2D eigenvalue weighted by Crippen LogP contribution is 2.25. The second-order valence-corrected chi connectivity index (χ2v) is 5.72. The van der Waals surface area contributed by atoms with Crippen LogP contribution in [0.4, 0.5) is 5.69 Å². The molecule has 1 fully saturated rings. The van der Waals surface area contributed by atoms with Gasteiger partial charge >= 0.3 is 0 Å². The average molecular weight is 276 g/mol. The molecule has 1 aromatic heterocycles. The number of nitrogens with two attached hydrogens (primary N) is 1. The predicted octanol–water partition coefficient (Wildman–Crippen LogP) is 2.59. The van der Waals surface area contributed by atoms with E-state index in [0.717, 1.165) is 12.8 Å². The molecule has 0 radical (unpaired) electrons. The summed E-state index contributed by atoms with van der Waals surface area (Å²) >= 11 is 0. The predicted molar refractivity (Wildman–Crippen MR) is 79.5 cm³/mol. The molecule has 110 valence electrons. The van der Waals surface area contributed by atoms with Crippen LogP contribution < -0.4 is 5.73 Å². The summed E-state index contributed by atoms with van der Waals surface area (Å²) in [7, 11) is 0. The highest BCUT2D eigenvalue weighted by molar-refractivity contribution is 5.97. The van der Waals surface area contributed by atoms with E-state index in [4.69, 9.17) is 5.73 Å². The van der Waals surface area contributed by atoms with Crippen LogP contribution in [-0.2, 0) is 0 Å². The number of carbonyl (C=O) groups is 1. The fourth-order valence-corrected chi connectivity index (χ4v) is 2.77. The fraction of sp³-hybridized carbons (Fsp3) is 0.667. The van der Waals surface area contributed by atoms with Gasteiger partial charge in [0.05, 0.1) is 11.9 Å². The van der Waals surface area contributed by atoms with Gasteiger partial charge in [-0.05, 0) is 19.8 Å². The van der Waals surface area contributed by atoms with Crippen molar-refractivity contribution in [2.75, 3.05) is 12.3 Å². The molecule has 20 heavy (non-hydrogen) atoms. The summed E-state index contributed by atoms with van der Waals surface area (Å²) in [6.07, 6.45) is 6.12. The van der Waals surface area contributed by atoms with Crippen molar-refractivity contribution in [1.29, 1.82) is 0 Å². The Morgan fingerprint density at radius 2 is 2.10 bits per heavy atom. The molecule has 5 heteroatoms. The number of hydrogen-bond donors (Lipinski definition) is 1. The molecule has 2 rings (SSSR count). The number of amides is 1. The van der Waals surface area contributed by atoms with E-state index >= 15 is 0 Å². The van der Waals surface area contributed by atoms with Gasteiger partial charge in [0.2, 0.25) is 0 Å². The van der Waals surface area contributed by atoms with Gasteiger partial charge < -0.3 is 10.6 Å². The third-order valence-electron chi connectivity index (χ3n) is 3.92. The molecular weight excluding hydrogens is 252 g/mol. The van der Waals surface area contributed by atoms with Gasteiger partial charge in [-0.2, -0.15) is 0 Å². The van der Waals surface area contributed by atoms with Crippen molar-refractivity contribution in [3.8, 4) is 0 Å². The van der Waals surface area contributed by atoms with Gasteiger partial charge in [0.1, 0.15) is 5.82 Å². The van der Waals surface area contributed by atoms with Crippen LogP contribution in [0.15, 0.2) is 6.20 Å². The molecule has 5 nitrogen and oxygen atoms in total. The molecule has 0 aliphatic heterocycles. The van der Waals surface area contributed by atoms with Crippen LogP contribution in [-0.4, -0.2) is 33.4 Å². The lowest BCUT2D eigenvalue weighted by Crippen LogP contribution is -2.39. The zero-order valence-electron chi connectivity index (χ0n) is 12.6. The molecule has 0 aromatic carbocycles. The van der Waals surface area contributed by atoms with Crippen molar-refractivity contribution in [2.24, 2.45) is 0 Å². The Bertz CT molecular complexity index is 481. The maximum absolute atomic E-state index is 12.7. The Balaban J connectivity index is 2.28. The van der Waals surface area contributed by atoms with Crippen LogP contribution in [0.1, 0.15) is 68.7 Å². The Labute approximate surface area is 120 Å². The van der Waals surface area contributed by atoms with Crippen LogP contribution >= 0.6 is 0 Å². The normalized spacial score (nSPS) is 15.8. The lowest BCUT2D eigenvalue weighted by atomic mass is 10.1. The van der Waals surface area contributed by atoms with Crippen molar-refractivity contribution >= 4 is 11.6 Å². The van der Waals surface area contributed by atoms with Gasteiger partial charge in [-0.15, -0.1) is 0 Å². The van der Waals surface area contributed by atoms with Crippen LogP contribution in [0.5, 0.6) is 0 Å². The minimum atomic E-state index is -0.0544. The maximum Gasteiger partial charge on any atom is 0.274 e. The first-order chi connectivity index (χ1) is 9.54. The molecule has 1 heterocycles. The first-order valence-electron chi connectivity index (χ1n) is 7.48. The van der Waals surface area contributed by atoms with Crippen molar-refractivity contribution < 1.29 is 4.79 Å². The highest BCUT2D eigenvalue weighted by atomic mass is 16.2. The molecule has 1 aromatic rings. The monoisotopic (exact) mass is 276 g/mol. The quantitative estimate of drug-likeness (QED) is 0.917.